The van der Waals surface area contributed by atoms with E-state index in [-0.39, 0.29) is 6.61 Å². The molecule has 0 unspecified atom stereocenters. The van der Waals surface area contributed by atoms with Crippen LogP contribution in [0.25, 0.3) is 0 Å². The van der Waals surface area contributed by atoms with E-state index >= 15 is 0 Å². The highest BCUT2D eigenvalue weighted by Gasteiger charge is 2.14. The molecule has 1 rings (SSSR count). The summed E-state index contributed by atoms with van der Waals surface area (Å²) < 4.78 is 0. The number of aliphatic hydroxyl groups excluding tert-OH is 1. The average molecular weight is 241 g/mol. The van der Waals surface area contributed by atoms with Gasteiger partial charge in [0.1, 0.15) is 0 Å². The Morgan fingerprint density at radius 3 is 2.56 bits per heavy atom. The summed E-state index contributed by atoms with van der Waals surface area (Å²) in [5.41, 5.74) is 0. The molecule has 1 heterocycles. The molecule has 1 aromatic heterocycles. The predicted molar refractivity (Wildman–Crippen MR) is 71.1 cm³/mol. The average Bonchev–Trinajstić information content (AvgIpc) is 2.80. The van der Waals surface area contributed by atoms with Gasteiger partial charge >= 0.3 is 0 Å². The van der Waals surface area contributed by atoms with Crippen molar-refractivity contribution < 1.29 is 5.11 Å². The van der Waals surface area contributed by atoms with E-state index in [0.717, 1.165) is 19.5 Å². The third-order valence-corrected chi connectivity index (χ3v) is 4.01. The summed E-state index contributed by atoms with van der Waals surface area (Å²) in [5, 5.41) is 11.2. The molecule has 0 aromatic carbocycles. The van der Waals surface area contributed by atoms with Crippen molar-refractivity contribution in [3.05, 3.63) is 22.4 Å². The summed E-state index contributed by atoms with van der Waals surface area (Å²) in [6, 6.07) is 4.91. The number of aliphatic hydroxyl groups is 1. The van der Waals surface area contributed by atoms with Gasteiger partial charge in [-0.25, -0.2) is 0 Å². The van der Waals surface area contributed by atoms with Crippen LogP contribution in [0.4, 0.5) is 0 Å². The normalized spacial score (nSPS) is 11.6. The van der Waals surface area contributed by atoms with Gasteiger partial charge in [0, 0.05) is 24.0 Å². The fourth-order valence-corrected chi connectivity index (χ4v) is 2.82. The predicted octanol–water partition coefficient (Wildman–Crippen LogP) is 2.77. The Kier molecular flexibility index (Phi) is 6.69. The quantitative estimate of drug-likeness (QED) is 0.756. The van der Waals surface area contributed by atoms with Crippen LogP contribution in [-0.4, -0.2) is 35.7 Å². The zero-order valence-corrected chi connectivity index (χ0v) is 11.2. The van der Waals surface area contributed by atoms with E-state index in [1.807, 2.05) is 11.3 Å². The van der Waals surface area contributed by atoms with Crippen LogP contribution in [0, 0.1) is 0 Å². The van der Waals surface area contributed by atoms with Gasteiger partial charge in [-0.2, -0.15) is 0 Å². The third-order valence-electron chi connectivity index (χ3n) is 3.07. The molecule has 0 aliphatic rings. The van der Waals surface area contributed by atoms with Crippen LogP contribution in [0.2, 0.25) is 0 Å². The molecule has 0 amide bonds. The van der Waals surface area contributed by atoms with Gasteiger partial charge in [-0.3, -0.25) is 4.90 Å². The van der Waals surface area contributed by atoms with Gasteiger partial charge < -0.3 is 5.11 Å². The molecule has 0 aliphatic heterocycles. The highest BCUT2D eigenvalue weighted by Crippen LogP contribution is 2.13. The summed E-state index contributed by atoms with van der Waals surface area (Å²) in [5.74, 6) is 0. The maximum absolute atomic E-state index is 9.09. The minimum absolute atomic E-state index is 0.265. The SMILES string of the molecule is CCC(CC)N(CCO)CCc1cccs1. The molecule has 16 heavy (non-hydrogen) atoms. The molecule has 1 aromatic rings. The van der Waals surface area contributed by atoms with Crippen LogP contribution in [0.1, 0.15) is 31.6 Å². The van der Waals surface area contributed by atoms with Crippen LogP contribution in [-0.2, 0) is 6.42 Å². The van der Waals surface area contributed by atoms with Crippen molar-refractivity contribution in [1.82, 2.24) is 4.90 Å². The molecule has 1 N–H and O–H groups in total. The van der Waals surface area contributed by atoms with E-state index in [4.69, 9.17) is 5.11 Å². The van der Waals surface area contributed by atoms with Gasteiger partial charge in [-0.1, -0.05) is 19.9 Å². The molecule has 0 atom stereocenters. The lowest BCUT2D eigenvalue weighted by atomic mass is 10.1. The monoisotopic (exact) mass is 241 g/mol. The smallest absolute Gasteiger partial charge is 0.0558 e. The maximum atomic E-state index is 9.09. The van der Waals surface area contributed by atoms with Crippen LogP contribution in [0.15, 0.2) is 17.5 Å². The van der Waals surface area contributed by atoms with E-state index in [0.29, 0.717) is 6.04 Å². The van der Waals surface area contributed by atoms with Crippen molar-refractivity contribution in [2.24, 2.45) is 0 Å². The third kappa shape index (κ3) is 4.24. The molecule has 0 saturated heterocycles. The summed E-state index contributed by atoms with van der Waals surface area (Å²) in [6.07, 6.45) is 3.44. The second kappa shape index (κ2) is 7.82. The molecule has 0 saturated carbocycles. The molecule has 2 nitrogen and oxygen atoms in total. The minimum Gasteiger partial charge on any atom is -0.395 e. The van der Waals surface area contributed by atoms with Crippen LogP contribution in [0.3, 0.4) is 0 Å². The Bertz CT molecular complexity index is 257. The molecule has 0 bridgehead atoms. The number of rotatable bonds is 8. The molecule has 3 heteroatoms. The molecule has 0 radical (unpaired) electrons. The van der Waals surface area contributed by atoms with Crippen molar-refractivity contribution >= 4 is 11.3 Å². The Labute approximate surface area is 103 Å². The summed E-state index contributed by atoms with van der Waals surface area (Å²) in [7, 11) is 0. The zero-order valence-electron chi connectivity index (χ0n) is 10.4. The number of hydrogen-bond acceptors (Lipinski definition) is 3. The van der Waals surface area contributed by atoms with E-state index in [9.17, 15) is 0 Å². The van der Waals surface area contributed by atoms with E-state index in [1.54, 1.807) is 0 Å². The second-order valence-electron chi connectivity index (χ2n) is 4.06. The van der Waals surface area contributed by atoms with Gasteiger partial charge in [0.15, 0.2) is 0 Å². The minimum atomic E-state index is 0.265. The Morgan fingerprint density at radius 2 is 2.06 bits per heavy atom. The second-order valence-corrected chi connectivity index (χ2v) is 5.09. The molecule has 0 fully saturated rings. The van der Waals surface area contributed by atoms with Crippen molar-refractivity contribution in [3.63, 3.8) is 0 Å². The van der Waals surface area contributed by atoms with E-state index in [2.05, 4.69) is 36.3 Å². The topological polar surface area (TPSA) is 23.5 Å². The van der Waals surface area contributed by atoms with Crippen molar-refractivity contribution in [1.29, 1.82) is 0 Å². The van der Waals surface area contributed by atoms with Gasteiger partial charge in [-0.15, -0.1) is 11.3 Å². The fraction of sp³-hybridized carbons (Fsp3) is 0.692. The van der Waals surface area contributed by atoms with Gasteiger partial charge in [0.25, 0.3) is 0 Å². The highest BCUT2D eigenvalue weighted by atomic mass is 32.1. The van der Waals surface area contributed by atoms with Gasteiger partial charge in [0.2, 0.25) is 0 Å². The zero-order chi connectivity index (χ0) is 11.8. The fourth-order valence-electron chi connectivity index (χ4n) is 2.12. The lowest BCUT2D eigenvalue weighted by molar-refractivity contribution is 0.145. The largest absolute Gasteiger partial charge is 0.395 e. The summed E-state index contributed by atoms with van der Waals surface area (Å²) in [4.78, 5) is 3.86. The van der Waals surface area contributed by atoms with Crippen LogP contribution in [0.5, 0.6) is 0 Å². The van der Waals surface area contributed by atoms with Crippen LogP contribution >= 0.6 is 11.3 Å². The van der Waals surface area contributed by atoms with Gasteiger partial charge in [-0.05, 0) is 30.7 Å². The lowest BCUT2D eigenvalue weighted by Crippen LogP contribution is -2.38. The van der Waals surface area contributed by atoms with Crippen LogP contribution < -0.4 is 0 Å². The number of nitrogens with zero attached hydrogens (tertiary/aromatic N) is 1. The highest BCUT2D eigenvalue weighted by molar-refractivity contribution is 7.09. The molecule has 0 spiro atoms. The van der Waals surface area contributed by atoms with Crippen molar-refractivity contribution in [2.75, 3.05) is 19.7 Å². The summed E-state index contributed by atoms with van der Waals surface area (Å²) >= 11 is 1.82. The van der Waals surface area contributed by atoms with Crippen molar-refractivity contribution in [3.8, 4) is 0 Å². The first kappa shape index (κ1) is 13.7. The molecular weight excluding hydrogens is 218 g/mol. The molecule has 92 valence electrons. The van der Waals surface area contributed by atoms with Crippen molar-refractivity contribution in [2.45, 2.75) is 39.2 Å². The number of thiophene rings is 1. The summed E-state index contributed by atoms with van der Waals surface area (Å²) in [6.45, 7) is 6.58. The first-order valence-corrected chi connectivity index (χ1v) is 7.07. The van der Waals surface area contributed by atoms with E-state index in [1.165, 1.54) is 17.7 Å². The van der Waals surface area contributed by atoms with Gasteiger partial charge in [0.05, 0.1) is 6.61 Å². The maximum Gasteiger partial charge on any atom is 0.0558 e. The molecule has 0 aliphatic carbocycles. The van der Waals surface area contributed by atoms with E-state index < -0.39 is 0 Å². The Hall–Kier alpha value is -0.380. The number of hydrogen-bond donors (Lipinski definition) is 1. The first-order valence-electron chi connectivity index (χ1n) is 6.19. The molecular formula is C13H23NOS. The Balaban J connectivity index is 2.43. The standard InChI is InChI=1S/C13H23NOS/c1-3-12(4-2)14(9-10-15)8-7-13-6-5-11-16-13/h5-6,11-12,15H,3-4,7-10H2,1-2H3. The Morgan fingerprint density at radius 1 is 1.31 bits per heavy atom. The first-order chi connectivity index (χ1) is 7.81. The lowest BCUT2D eigenvalue weighted by Gasteiger charge is -2.29.